The van der Waals surface area contributed by atoms with Gasteiger partial charge in [-0.25, -0.2) is 4.79 Å². The van der Waals surface area contributed by atoms with E-state index in [1.807, 2.05) is 54.6 Å². The molecule has 4 aromatic carbocycles. The first-order valence-electron chi connectivity index (χ1n) is 17.7. The van der Waals surface area contributed by atoms with Gasteiger partial charge in [-0.2, -0.15) is 0 Å². The number of benzene rings is 4. The van der Waals surface area contributed by atoms with Crippen molar-refractivity contribution in [1.29, 1.82) is 0 Å². The van der Waals surface area contributed by atoms with Crippen molar-refractivity contribution in [2.45, 2.75) is 24.7 Å². The minimum atomic E-state index is -1.41. The molecule has 2 amide bonds. The molecule has 6 atom stereocenters. The summed E-state index contributed by atoms with van der Waals surface area (Å²) in [5.74, 6) is -5.71. The number of fused-ring (bicyclic) bond motifs is 5. The first-order chi connectivity index (χ1) is 25.7. The van der Waals surface area contributed by atoms with Crippen LogP contribution in [-0.4, -0.2) is 39.6 Å². The first-order valence-corrected chi connectivity index (χ1v) is 17.7. The molecule has 3 aliphatic carbocycles. The second-order valence-electron chi connectivity index (χ2n) is 14.4. The number of Topliss-reactive ketones (excluding diaryl/α,β-unsaturated/α-hetero) is 1. The Kier molecular flexibility index (Phi) is 7.44. The third-order valence-corrected chi connectivity index (χ3v) is 11.9. The quantitative estimate of drug-likeness (QED) is 0.178. The number of anilines is 1. The van der Waals surface area contributed by atoms with E-state index in [-0.39, 0.29) is 41.4 Å². The molecule has 2 heterocycles. The molecule has 9 rings (SSSR count). The van der Waals surface area contributed by atoms with Crippen molar-refractivity contribution >= 4 is 40.6 Å². The molecule has 2 N–H and O–H groups in total. The Hall–Kier alpha value is -6.35. The lowest BCUT2D eigenvalue weighted by Gasteiger charge is -2.56. The number of phenols is 1. The summed E-state index contributed by atoms with van der Waals surface area (Å²) in [5.41, 5.74) is 2.54. The maximum atomic E-state index is 15.2. The molecule has 1 saturated heterocycles. The second-order valence-corrected chi connectivity index (χ2v) is 14.4. The van der Waals surface area contributed by atoms with E-state index in [1.165, 1.54) is 24.3 Å². The van der Waals surface area contributed by atoms with Crippen LogP contribution in [0.15, 0.2) is 133 Å². The number of rotatable bonds is 5. The molecular weight excluding hydrogens is 670 g/mol. The number of nitrogens with zero attached hydrogens (tertiary/aromatic N) is 1. The van der Waals surface area contributed by atoms with Crippen LogP contribution in [0.25, 0.3) is 5.57 Å². The maximum Gasteiger partial charge on any atom is 0.335 e. The Bertz CT molecular complexity index is 2360. The summed E-state index contributed by atoms with van der Waals surface area (Å²) in [6.07, 6.45) is 5.77. The van der Waals surface area contributed by atoms with Gasteiger partial charge in [-0.3, -0.25) is 24.1 Å². The summed E-state index contributed by atoms with van der Waals surface area (Å²) in [6, 6.07) is 29.0. The Morgan fingerprint density at radius 1 is 0.830 bits per heavy atom. The minimum absolute atomic E-state index is 0.0516. The van der Waals surface area contributed by atoms with Crippen molar-refractivity contribution in [3.63, 3.8) is 0 Å². The van der Waals surface area contributed by atoms with Gasteiger partial charge in [0.25, 0.3) is 0 Å². The number of carbonyl (C=O) groups excluding carboxylic acids is 4. The Morgan fingerprint density at radius 3 is 2.34 bits per heavy atom. The topological polar surface area (TPSA) is 138 Å². The summed E-state index contributed by atoms with van der Waals surface area (Å²) in [7, 11) is 0. The molecule has 2 fully saturated rings. The highest BCUT2D eigenvalue weighted by Crippen LogP contribution is 2.63. The van der Waals surface area contributed by atoms with Crippen LogP contribution in [0, 0.1) is 29.6 Å². The molecule has 0 radical (unpaired) electrons. The summed E-state index contributed by atoms with van der Waals surface area (Å²) in [6.45, 7) is 0. The van der Waals surface area contributed by atoms with E-state index in [9.17, 15) is 24.6 Å². The highest BCUT2D eigenvalue weighted by molar-refractivity contribution is 6.31. The third-order valence-electron chi connectivity index (χ3n) is 11.9. The van der Waals surface area contributed by atoms with Crippen LogP contribution in [0.2, 0.25) is 0 Å². The van der Waals surface area contributed by atoms with E-state index in [1.54, 1.807) is 42.7 Å². The predicted octanol–water partition coefficient (Wildman–Crippen LogP) is 6.47. The fourth-order valence-corrected chi connectivity index (χ4v) is 9.72. The van der Waals surface area contributed by atoms with Gasteiger partial charge in [-0.05, 0) is 77.9 Å². The number of phenolic OH excluding ortho intramolecular Hbond substituents is 1. The summed E-state index contributed by atoms with van der Waals surface area (Å²) in [4.78, 5) is 72.0. The lowest BCUT2D eigenvalue weighted by molar-refractivity contribution is -0.136. The van der Waals surface area contributed by atoms with Crippen molar-refractivity contribution in [3.8, 4) is 11.5 Å². The average Bonchev–Trinajstić information content (AvgIpc) is 3.44. The first kappa shape index (κ1) is 32.6. The lowest BCUT2D eigenvalue weighted by Crippen LogP contribution is -2.60. The van der Waals surface area contributed by atoms with E-state index in [4.69, 9.17) is 4.74 Å². The summed E-state index contributed by atoms with van der Waals surface area (Å²) >= 11 is 0. The predicted molar refractivity (Wildman–Crippen MR) is 194 cm³/mol. The molecule has 0 spiro atoms. The number of carboxylic acid groups (broad SMARTS) is 1. The van der Waals surface area contributed by atoms with Crippen LogP contribution in [0.3, 0.4) is 0 Å². The number of allylic oxidation sites excluding steroid dienone is 5. The molecule has 5 aliphatic rings. The van der Waals surface area contributed by atoms with E-state index >= 15 is 9.59 Å². The third kappa shape index (κ3) is 4.80. The van der Waals surface area contributed by atoms with E-state index in [2.05, 4.69) is 0 Å². The molecule has 1 saturated carbocycles. The molecule has 262 valence electrons. The van der Waals surface area contributed by atoms with Gasteiger partial charge in [0.2, 0.25) is 11.8 Å². The van der Waals surface area contributed by atoms with Crippen LogP contribution in [0.5, 0.6) is 11.5 Å². The number of aromatic hydroxyl groups is 1. The fourth-order valence-electron chi connectivity index (χ4n) is 9.72. The van der Waals surface area contributed by atoms with Crippen LogP contribution < -0.4 is 9.64 Å². The number of amides is 2. The number of ether oxygens (including phenoxy) is 1. The summed E-state index contributed by atoms with van der Waals surface area (Å²) < 4.78 is 6.18. The zero-order valence-electron chi connectivity index (χ0n) is 28.3. The van der Waals surface area contributed by atoms with Crippen molar-refractivity contribution in [1.82, 2.24) is 0 Å². The largest absolute Gasteiger partial charge is 0.508 e. The SMILES string of the molecule is O=C(O)c1cccc(N2C(=O)[C@H]3[C@H](CC=C4[C@H](C5=COc6ccc(O)cc6C5)[C@]5(c6ccccc6)C(=O)C=C(c6ccccc6)C(=O)[C@@H]5C[C@H]43)C2=O)c1. The Morgan fingerprint density at radius 2 is 1.58 bits per heavy atom. The van der Waals surface area contributed by atoms with Crippen LogP contribution in [0.1, 0.15) is 39.9 Å². The normalized spacial score (nSPS) is 27.4. The van der Waals surface area contributed by atoms with Crippen LogP contribution >= 0.6 is 0 Å². The van der Waals surface area contributed by atoms with Gasteiger partial charge in [-0.15, -0.1) is 0 Å². The molecule has 0 bridgehead atoms. The number of carbonyl (C=O) groups is 5. The van der Waals surface area contributed by atoms with Crippen LogP contribution in [0.4, 0.5) is 5.69 Å². The van der Waals surface area contributed by atoms with Gasteiger partial charge in [0.1, 0.15) is 11.5 Å². The van der Waals surface area contributed by atoms with Crippen molar-refractivity contribution in [2.24, 2.45) is 29.6 Å². The Labute approximate surface area is 304 Å². The monoisotopic (exact) mass is 703 g/mol. The number of imide groups is 1. The minimum Gasteiger partial charge on any atom is -0.508 e. The van der Waals surface area contributed by atoms with Gasteiger partial charge in [0, 0.05) is 29.4 Å². The highest BCUT2D eigenvalue weighted by Gasteiger charge is 2.66. The lowest BCUT2D eigenvalue weighted by atomic mass is 9.44. The Balaban J connectivity index is 1.24. The molecule has 53 heavy (non-hydrogen) atoms. The molecule has 9 nitrogen and oxygen atoms in total. The zero-order chi connectivity index (χ0) is 36.6. The molecule has 0 unspecified atom stereocenters. The van der Waals surface area contributed by atoms with Crippen molar-refractivity contribution < 1.29 is 38.9 Å². The average molecular weight is 704 g/mol. The zero-order valence-corrected chi connectivity index (χ0v) is 28.3. The van der Waals surface area contributed by atoms with Gasteiger partial charge >= 0.3 is 5.97 Å². The van der Waals surface area contributed by atoms with E-state index in [0.717, 1.165) is 10.5 Å². The smallest absolute Gasteiger partial charge is 0.335 e. The molecular formula is C44H33NO8. The second kappa shape index (κ2) is 12.1. The maximum absolute atomic E-state index is 15.2. The number of hydrogen-bond acceptors (Lipinski definition) is 7. The summed E-state index contributed by atoms with van der Waals surface area (Å²) in [5, 5.41) is 20.1. The van der Waals surface area contributed by atoms with Gasteiger partial charge in [0.15, 0.2) is 11.6 Å². The number of hydrogen-bond donors (Lipinski definition) is 2. The van der Waals surface area contributed by atoms with Crippen LogP contribution in [-0.2, 0) is 31.0 Å². The number of ketones is 2. The van der Waals surface area contributed by atoms with Crippen molar-refractivity contribution in [2.75, 3.05) is 4.90 Å². The molecule has 0 aromatic heterocycles. The van der Waals surface area contributed by atoms with Crippen molar-refractivity contribution in [3.05, 3.63) is 155 Å². The molecule has 2 aliphatic heterocycles. The van der Waals surface area contributed by atoms with Gasteiger partial charge in [0.05, 0.1) is 34.8 Å². The van der Waals surface area contributed by atoms with Gasteiger partial charge in [-0.1, -0.05) is 78.4 Å². The van der Waals surface area contributed by atoms with Gasteiger partial charge < -0.3 is 14.9 Å². The molecule has 9 heteroatoms. The fraction of sp³-hybridized carbons (Fsp3) is 0.205. The number of aromatic carboxylic acids is 1. The molecule has 4 aromatic rings. The van der Waals surface area contributed by atoms with E-state index in [0.29, 0.717) is 40.0 Å². The highest BCUT2D eigenvalue weighted by atomic mass is 16.5. The standard InChI is InChI=1S/C44H33NO8/c46-30-14-17-36-26(20-30)18-27(23-53-36)39-31-15-16-32-38(42(50)45(41(32)49)29-13-7-10-25(19-29)43(51)52)34(31)21-35-40(48)33(24-8-3-1-4-9-24)22-37(47)44(35,39)28-11-5-2-6-12-28/h1-15,17,19-20,22-23,32,34-35,38-39,46H,16,18,21H2,(H,51,52)/t32-,34+,35-,38-,39-,44-/m0/s1. The van der Waals surface area contributed by atoms with E-state index < -0.39 is 52.8 Å². The number of carboxylic acids is 1.